The third-order valence-electron chi connectivity index (χ3n) is 8.86. The van der Waals surface area contributed by atoms with Gasteiger partial charge in [0.15, 0.2) is 5.69 Å². The summed E-state index contributed by atoms with van der Waals surface area (Å²) in [4.78, 5) is 42.5. The lowest BCUT2D eigenvalue weighted by atomic mass is 9.66. The van der Waals surface area contributed by atoms with Crippen LogP contribution in [0.2, 0.25) is 0 Å². The van der Waals surface area contributed by atoms with Gasteiger partial charge in [0, 0.05) is 38.7 Å². The van der Waals surface area contributed by atoms with Gasteiger partial charge in [-0.15, -0.1) is 5.10 Å². The average Bonchev–Trinajstić information content (AvgIpc) is 3.51. The Morgan fingerprint density at radius 1 is 1.17 bits per heavy atom. The van der Waals surface area contributed by atoms with Crippen LogP contribution in [0.25, 0.3) is 0 Å². The number of carbonyl (C=O) groups is 3. The minimum atomic E-state index is -4.67. The maximum Gasteiger partial charge on any atom is 0.435 e. The lowest BCUT2D eigenvalue weighted by molar-refractivity contribution is -0.162. The fraction of sp³-hybridized carbons (Fsp3) is 0.607. The number of amides is 2. The van der Waals surface area contributed by atoms with Crippen molar-refractivity contribution in [2.75, 3.05) is 19.6 Å². The van der Waals surface area contributed by atoms with E-state index in [0.29, 0.717) is 61.2 Å². The number of hydrogen-bond donors (Lipinski definition) is 1. The second-order valence-corrected chi connectivity index (χ2v) is 11.4. The van der Waals surface area contributed by atoms with Crippen molar-refractivity contribution in [1.29, 1.82) is 0 Å². The smallest absolute Gasteiger partial charge is 0.435 e. The lowest BCUT2D eigenvalue weighted by Gasteiger charge is -2.45. The van der Waals surface area contributed by atoms with Gasteiger partial charge in [0.25, 0.3) is 0 Å². The molecule has 0 spiro atoms. The Morgan fingerprint density at radius 2 is 1.95 bits per heavy atom. The Hall–Kier alpha value is -3.64. The van der Waals surface area contributed by atoms with Crippen LogP contribution in [0.5, 0.6) is 5.75 Å². The van der Waals surface area contributed by atoms with Crippen LogP contribution in [0.15, 0.2) is 18.2 Å². The number of alkyl halides is 3. The molecule has 2 fully saturated rings. The molecule has 0 bridgehead atoms. The molecule has 2 aromatic rings. The molecule has 1 N–H and O–H groups in total. The van der Waals surface area contributed by atoms with Gasteiger partial charge in [0.2, 0.25) is 11.8 Å². The summed E-state index contributed by atoms with van der Waals surface area (Å²) in [6, 6.07) is 4.62. The number of carboxylic acid groups (broad SMARTS) is 1. The molecule has 1 aliphatic carbocycles. The number of nitrogens with zero attached hydrogens (tertiary/aromatic N) is 5. The number of fused-ring (bicyclic) bond motifs is 1. The van der Waals surface area contributed by atoms with Crippen LogP contribution in [0.4, 0.5) is 13.2 Å². The predicted octanol–water partition coefficient (Wildman–Crippen LogP) is 3.74. The summed E-state index contributed by atoms with van der Waals surface area (Å²) in [7, 11) is 1.16. The third kappa shape index (κ3) is 5.38. The van der Waals surface area contributed by atoms with Crippen molar-refractivity contribution in [1.82, 2.24) is 24.8 Å². The molecule has 222 valence electrons. The first-order valence-corrected chi connectivity index (χ1v) is 13.9. The number of ether oxygens (including phenoxy) is 1. The van der Waals surface area contributed by atoms with Crippen molar-refractivity contribution in [2.24, 2.45) is 18.4 Å². The van der Waals surface area contributed by atoms with Crippen LogP contribution in [-0.4, -0.2) is 67.3 Å². The minimum absolute atomic E-state index is 0.0367. The van der Waals surface area contributed by atoms with E-state index in [1.54, 1.807) is 28.9 Å². The number of benzene rings is 1. The topological polar surface area (TPSA) is 118 Å². The number of rotatable bonds is 7. The van der Waals surface area contributed by atoms with Crippen molar-refractivity contribution in [3.63, 3.8) is 0 Å². The van der Waals surface area contributed by atoms with E-state index in [1.807, 2.05) is 6.07 Å². The molecule has 10 nitrogen and oxygen atoms in total. The van der Waals surface area contributed by atoms with Gasteiger partial charge in [-0.1, -0.05) is 30.2 Å². The molecule has 1 unspecified atom stereocenters. The highest BCUT2D eigenvalue weighted by Gasteiger charge is 2.50. The SMILES string of the molecule is Cn1nnc(COc2cccc3c2C(CN2CCCC2=O)N(C(=O)[C@@H]2CCCC[C@]2(C)C(=O)O)CC3)c1C(F)(F)F. The molecule has 3 atom stereocenters. The minimum Gasteiger partial charge on any atom is -0.487 e. The molecule has 13 heteroatoms. The molecule has 1 saturated carbocycles. The zero-order valence-electron chi connectivity index (χ0n) is 23.1. The van der Waals surface area contributed by atoms with E-state index in [9.17, 15) is 32.7 Å². The maximum absolute atomic E-state index is 14.2. The number of aliphatic carboxylic acids is 1. The number of carbonyl (C=O) groups excluding carboxylic acids is 2. The zero-order chi connectivity index (χ0) is 29.5. The summed E-state index contributed by atoms with van der Waals surface area (Å²) >= 11 is 0. The van der Waals surface area contributed by atoms with Crippen LogP contribution in [0.1, 0.15) is 74.0 Å². The first-order chi connectivity index (χ1) is 19.4. The Morgan fingerprint density at radius 3 is 2.63 bits per heavy atom. The van der Waals surface area contributed by atoms with Gasteiger partial charge in [0.05, 0.1) is 17.4 Å². The van der Waals surface area contributed by atoms with Gasteiger partial charge >= 0.3 is 12.1 Å². The van der Waals surface area contributed by atoms with Crippen LogP contribution in [0.3, 0.4) is 0 Å². The molecule has 1 aromatic heterocycles. The normalized spacial score (nSPS) is 24.9. The Bertz CT molecular complexity index is 1340. The summed E-state index contributed by atoms with van der Waals surface area (Å²) in [6.45, 7) is 2.17. The Kier molecular flexibility index (Phi) is 7.73. The van der Waals surface area contributed by atoms with E-state index in [2.05, 4.69) is 10.3 Å². The number of hydrogen-bond acceptors (Lipinski definition) is 6. The van der Waals surface area contributed by atoms with E-state index < -0.39 is 41.8 Å². The third-order valence-corrected chi connectivity index (χ3v) is 8.86. The summed E-state index contributed by atoms with van der Waals surface area (Å²) in [6.07, 6.45) is -0.814. The van der Waals surface area contributed by atoms with Gasteiger partial charge in [-0.3, -0.25) is 14.4 Å². The molecule has 0 radical (unpaired) electrons. The van der Waals surface area contributed by atoms with Crippen LogP contribution >= 0.6 is 0 Å². The second kappa shape index (κ2) is 11.0. The molecule has 5 rings (SSSR count). The highest BCUT2D eigenvalue weighted by molar-refractivity contribution is 5.88. The van der Waals surface area contributed by atoms with Gasteiger partial charge in [-0.2, -0.15) is 13.2 Å². The average molecular weight is 578 g/mol. The summed E-state index contributed by atoms with van der Waals surface area (Å²) in [5.74, 6) is -1.76. The molecule has 2 amide bonds. The number of aryl methyl sites for hydroxylation is 1. The quantitative estimate of drug-likeness (QED) is 0.533. The number of carboxylic acids is 1. The van der Waals surface area contributed by atoms with Crippen LogP contribution in [0, 0.1) is 11.3 Å². The molecule has 1 aromatic carbocycles. The molecule has 2 aliphatic heterocycles. The fourth-order valence-electron chi connectivity index (χ4n) is 6.60. The largest absolute Gasteiger partial charge is 0.487 e. The number of likely N-dealkylation sites (tertiary alicyclic amines) is 1. The maximum atomic E-state index is 14.2. The monoisotopic (exact) mass is 577 g/mol. The van der Waals surface area contributed by atoms with Gasteiger partial charge in [0.1, 0.15) is 18.1 Å². The predicted molar refractivity (Wildman–Crippen MR) is 138 cm³/mol. The molecule has 41 heavy (non-hydrogen) atoms. The zero-order valence-corrected chi connectivity index (χ0v) is 23.1. The summed E-state index contributed by atoms with van der Waals surface area (Å²) in [5, 5.41) is 17.2. The molecule has 1 saturated heterocycles. The molecule has 3 heterocycles. The molecular formula is C28H34F3N5O5. The second-order valence-electron chi connectivity index (χ2n) is 11.4. The van der Waals surface area contributed by atoms with Crippen molar-refractivity contribution >= 4 is 17.8 Å². The summed E-state index contributed by atoms with van der Waals surface area (Å²) in [5.41, 5.74) is -1.10. The van der Waals surface area contributed by atoms with Crippen molar-refractivity contribution < 1.29 is 37.4 Å². The highest BCUT2D eigenvalue weighted by Crippen LogP contribution is 2.45. The van der Waals surface area contributed by atoms with Gasteiger partial charge in [-0.05, 0) is 44.2 Å². The van der Waals surface area contributed by atoms with Crippen LogP contribution < -0.4 is 4.74 Å². The van der Waals surface area contributed by atoms with Crippen molar-refractivity contribution in [2.45, 2.75) is 70.7 Å². The van der Waals surface area contributed by atoms with Crippen molar-refractivity contribution in [3.05, 3.63) is 40.7 Å². The van der Waals surface area contributed by atoms with Gasteiger partial charge < -0.3 is 19.6 Å². The highest BCUT2D eigenvalue weighted by atomic mass is 19.4. The first kappa shape index (κ1) is 28.9. The number of halogens is 3. The van der Waals surface area contributed by atoms with E-state index >= 15 is 0 Å². The lowest BCUT2D eigenvalue weighted by Crippen LogP contribution is -2.52. The Labute approximate surface area is 235 Å². The summed E-state index contributed by atoms with van der Waals surface area (Å²) < 4.78 is 47.5. The van der Waals surface area contributed by atoms with E-state index in [0.717, 1.165) is 25.5 Å². The Balaban J connectivity index is 1.51. The van der Waals surface area contributed by atoms with Crippen molar-refractivity contribution in [3.8, 4) is 5.75 Å². The van der Waals surface area contributed by atoms with E-state index in [1.165, 1.54) is 0 Å². The standard InChI is InChI=1S/C28H34F3N5O5/c1-27(26(39)40)12-4-3-8-18(27)25(38)36-14-11-17-7-5-9-21(23(17)20(36)15-35-13-6-10-22(35)37)41-16-19-24(28(29,30)31)34(2)33-32-19/h5,7,9,18,20H,3-4,6,8,10-16H2,1-2H3,(H,39,40)/t18-,20?,27-/m0/s1. The van der Waals surface area contributed by atoms with Gasteiger partial charge in [-0.25, -0.2) is 4.68 Å². The van der Waals surface area contributed by atoms with E-state index in [4.69, 9.17) is 4.74 Å². The molecular weight excluding hydrogens is 543 g/mol. The first-order valence-electron chi connectivity index (χ1n) is 13.9. The number of aromatic nitrogens is 3. The van der Waals surface area contributed by atoms with E-state index in [-0.39, 0.29) is 24.1 Å². The molecule has 3 aliphatic rings. The van der Waals surface area contributed by atoms with Crippen LogP contribution in [-0.2, 0) is 40.6 Å². The fourth-order valence-corrected chi connectivity index (χ4v) is 6.60.